The molecule has 0 aromatic carbocycles. The average molecular weight is 240 g/mol. The van der Waals surface area contributed by atoms with Crippen LogP contribution in [-0.4, -0.2) is 17.3 Å². The molecule has 0 aromatic rings. The summed E-state index contributed by atoms with van der Waals surface area (Å²) in [6.07, 6.45) is 12.9. The van der Waals surface area contributed by atoms with Gasteiger partial charge in [-0.25, -0.2) is 0 Å². The van der Waals surface area contributed by atoms with Gasteiger partial charge in [-0.3, -0.25) is 0 Å². The summed E-state index contributed by atoms with van der Waals surface area (Å²) in [5, 5.41) is 9.90. The van der Waals surface area contributed by atoms with E-state index in [0.717, 1.165) is 19.3 Å². The molecule has 1 aliphatic carbocycles. The topological polar surface area (TPSA) is 29.5 Å². The molecule has 0 saturated heterocycles. The van der Waals surface area contributed by atoms with Crippen molar-refractivity contribution < 1.29 is 9.84 Å². The molecule has 1 N–H and O–H groups in total. The Hall–Kier alpha value is -0.500. The van der Waals surface area contributed by atoms with Gasteiger partial charge in [0, 0.05) is 0 Å². The quantitative estimate of drug-likeness (QED) is 0.561. The van der Waals surface area contributed by atoms with Crippen LogP contribution in [0.4, 0.5) is 0 Å². The van der Waals surface area contributed by atoms with Crippen LogP contribution in [0.25, 0.3) is 0 Å². The summed E-state index contributed by atoms with van der Waals surface area (Å²) in [4.78, 5) is 0. The zero-order chi connectivity index (χ0) is 12.5. The van der Waals surface area contributed by atoms with Crippen LogP contribution < -0.4 is 0 Å². The van der Waals surface area contributed by atoms with E-state index in [2.05, 4.69) is 19.9 Å². The smallest absolute Gasteiger partial charge is 0.124 e. The van der Waals surface area contributed by atoms with Gasteiger partial charge in [-0.05, 0) is 37.7 Å². The predicted molar refractivity (Wildman–Crippen MR) is 71.8 cm³/mol. The Morgan fingerprint density at radius 3 is 2.82 bits per heavy atom. The number of aliphatic hydroxyl groups excluding tert-OH is 1. The van der Waals surface area contributed by atoms with Gasteiger partial charge in [0.1, 0.15) is 6.10 Å². The molecule has 2 nitrogen and oxygen atoms in total. The molecule has 1 fully saturated rings. The van der Waals surface area contributed by atoms with Crippen molar-refractivity contribution >= 4 is 0 Å². The number of aliphatic hydroxyl groups is 1. The van der Waals surface area contributed by atoms with Crippen LogP contribution >= 0.6 is 0 Å². The lowest BCUT2D eigenvalue weighted by molar-refractivity contribution is 0.00479. The monoisotopic (exact) mass is 240 g/mol. The van der Waals surface area contributed by atoms with Crippen molar-refractivity contribution in [3.05, 3.63) is 12.3 Å². The van der Waals surface area contributed by atoms with Gasteiger partial charge in [-0.2, -0.15) is 0 Å². The molecule has 2 heteroatoms. The first-order valence-electron chi connectivity index (χ1n) is 7.24. The van der Waals surface area contributed by atoms with Crippen molar-refractivity contribution in [2.45, 2.75) is 77.4 Å². The molecular formula is C15H28O2. The highest BCUT2D eigenvalue weighted by atomic mass is 16.5. The van der Waals surface area contributed by atoms with Crippen molar-refractivity contribution in [3.63, 3.8) is 0 Å². The lowest BCUT2D eigenvalue weighted by Gasteiger charge is -2.19. The van der Waals surface area contributed by atoms with Crippen molar-refractivity contribution in [1.29, 1.82) is 0 Å². The molecule has 17 heavy (non-hydrogen) atoms. The fourth-order valence-electron chi connectivity index (χ4n) is 2.32. The number of rotatable bonds is 6. The Bertz CT molecular complexity index is 213. The molecule has 100 valence electrons. The van der Waals surface area contributed by atoms with Crippen LogP contribution in [0.5, 0.6) is 0 Å². The van der Waals surface area contributed by atoms with Crippen molar-refractivity contribution in [2.24, 2.45) is 5.92 Å². The zero-order valence-electron chi connectivity index (χ0n) is 11.4. The summed E-state index contributed by atoms with van der Waals surface area (Å²) in [6.45, 7) is 4.44. The van der Waals surface area contributed by atoms with Gasteiger partial charge in [0.15, 0.2) is 0 Å². The Balaban J connectivity index is 2.25. The Kier molecular flexibility index (Phi) is 7.34. The molecule has 0 aromatic heterocycles. The van der Waals surface area contributed by atoms with Gasteiger partial charge in [0.05, 0.1) is 12.4 Å². The maximum Gasteiger partial charge on any atom is 0.124 e. The van der Waals surface area contributed by atoms with Gasteiger partial charge in [0.25, 0.3) is 0 Å². The van der Waals surface area contributed by atoms with Crippen LogP contribution in [-0.2, 0) is 4.74 Å². The SMILES string of the molecule is CCCCC(C)/C=C\O[C@H]1CCCCC[C@@H]1O. The largest absolute Gasteiger partial charge is 0.496 e. The zero-order valence-corrected chi connectivity index (χ0v) is 11.4. The van der Waals surface area contributed by atoms with Gasteiger partial charge in [-0.15, -0.1) is 0 Å². The standard InChI is InChI=1S/C15H28O2/c1-3-4-8-13(2)11-12-17-15-10-7-5-6-9-14(15)16/h11-16H,3-10H2,1-2H3/b12-11-/t13?,14-,15-/m0/s1. The fourth-order valence-corrected chi connectivity index (χ4v) is 2.32. The first kappa shape index (κ1) is 14.6. The van der Waals surface area contributed by atoms with Crippen LogP contribution in [0.1, 0.15) is 65.2 Å². The van der Waals surface area contributed by atoms with E-state index in [1.54, 1.807) is 0 Å². The lowest BCUT2D eigenvalue weighted by Crippen LogP contribution is -2.25. The van der Waals surface area contributed by atoms with E-state index in [-0.39, 0.29) is 12.2 Å². The van der Waals surface area contributed by atoms with E-state index in [9.17, 15) is 5.11 Å². The van der Waals surface area contributed by atoms with E-state index < -0.39 is 0 Å². The van der Waals surface area contributed by atoms with Crippen molar-refractivity contribution in [1.82, 2.24) is 0 Å². The molecule has 3 atom stereocenters. The molecule has 1 unspecified atom stereocenters. The first-order chi connectivity index (χ1) is 8.24. The fraction of sp³-hybridized carbons (Fsp3) is 0.867. The molecule has 0 radical (unpaired) electrons. The minimum Gasteiger partial charge on any atom is -0.496 e. The van der Waals surface area contributed by atoms with Crippen LogP contribution in [0.2, 0.25) is 0 Å². The minimum atomic E-state index is -0.270. The first-order valence-corrected chi connectivity index (χ1v) is 7.24. The maximum absolute atomic E-state index is 9.90. The van der Waals surface area contributed by atoms with Crippen LogP contribution in [0, 0.1) is 5.92 Å². The molecule has 0 heterocycles. The number of ether oxygens (including phenoxy) is 1. The predicted octanol–water partition coefficient (Wildman–Crippen LogP) is 4.04. The number of allylic oxidation sites excluding steroid dienone is 1. The highest BCUT2D eigenvalue weighted by Gasteiger charge is 2.21. The second-order valence-electron chi connectivity index (χ2n) is 5.33. The van der Waals surface area contributed by atoms with E-state index >= 15 is 0 Å². The Morgan fingerprint density at radius 2 is 2.06 bits per heavy atom. The van der Waals surface area contributed by atoms with Crippen molar-refractivity contribution in [3.8, 4) is 0 Å². The van der Waals surface area contributed by atoms with Crippen molar-refractivity contribution in [2.75, 3.05) is 0 Å². The average Bonchev–Trinajstić information content (AvgIpc) is 2.52. The summed E-state index contributed by atoms with van der Waals surface area (Å²) < 4.78 is 5.70. The Morgan fingerprint density at radius 1 is 1.29 bits per heavy atom. The molecule has 0 aliphatic heterocycles. The van der Waals surface area contributed by atoms with Gasteiger partial charge >= 0.3 is 0 Å². The summed E-state index contributed by atoms with van der Waals surface area (Å²) in [6, 6.07) is 0. The third kappa shape index (κ3) is 6.11. The molecule has 1 saturated carbocycles. The van der Waals surface area contributed by atoms with Crippen LogP contribution in [0.3, 0.4) is 0 Å². The second-order valence-corrected chi connectivity index (χ2v) is 5.33. The highest BCUT2D eigenvalue weighted by molar-refractivity contribution is 4.83. The third-order valence-corrected chi connectivity index (χ3v) is 3.59. The van der Waals surface area contributed by atoms with Crippen LogP contribution in [0.15, 0.2) is 12.3 Å². The van der Waals surface area contributed by atoms with Gasteiger partial charge in [-0.1, -0.05) is 39.5 Å². The van der Waals surface area contributed by atoms with Gasteiger partial charge in [0.2, 0.25) is 0 Å². The van der Waals surface area contributed by atoms with Gasteiger partial charge < -0.3 is 9.84 Å². The number of hydrogen-bond donors (Lipinski definition) is 1. The molecular weight excluding hydrogens is 212 g/mol. The second kappa shape index (κ2) is 8.57. The minimum absolute atomic E-state index is 0.0205. The summed E-state index contributed by atoms with van der Waals surface area (Å²) in [5.41, 5.74) is 0. The summed E-state index contributed by atoms with van der Waals surface area (Å²) in [5.74, 6) is 0.581. The normalized spacial score (nSPS) is 27.9. The molecule has 0 spiro atoms. The highest BCUT2D eigenvalue weighted by Crippen LogP contribution is 2.21. The molecule has 1 aliphatic rings. The third-order valence-electron chi connectivity index (χ3n) is 3.59. The number of hydrogen-bond acceptors (Lipinski definition) is 2. The van der Waals surface area contributed by atoms with E-state index in [4.69, 9.17) is 4.74 Å². The molecule has 1 rings (SSSR count). The molecule has 0 bridgehead atoms. The van der Waals surface area contributed by atoms with E-state index in [0.29, 0.717) is 5.92 Å². The molecule has 0 amide bonds. The maximum atomic E-state index is 9.90. The summed E-state index contributed by atoms with van der Waals surface area (Å²) in [7, 11) is 0. The van der Waals surface area contributed by atoms with E-state index in [1.165, 1.54) is 32.1 Å². The van der Waals surface area contributed by atoms with E-state index in [1.807, 2.05) is 6.26 Å². The lowest BCUT2D eigenvalue weighted by atomic mass is 10.0. The number of unbranched alkanes of at least 4 members (excludes halogenated alkanes) is 1. The summed E-state index contributed by atoms with van der Waals surface area (Å²) >= 11 is 0. The Labute approximate surface area is 106 Å².